The Morgan fingerprint density at radius 3 is 2.60 bits per heavy atom. The molecule has 1 aromatic heterocycles. The number of nitro groups is 1. The lowest BCUT2D eigenvalue weighted by molar-refractivity contribution is -0.384. The van der Waals surface area contributed by atoms with E-state index in [1.54, 1.807) is 17.1 Å². The highest BCUT2D eigenvalue weighted by Crippen LogP contribution is 2.20. The summed E-state index contributed by atoms with van der Waals surface area (Å²) in [5, 5.41) is 10.8. The third-order valence-electron chi connectivity index (χ3n) is 3.69. The van der Waals surface area contributed by atoms with Crippen LogP contribution in [0.1, 0.15) is 12.8 Å². The molecule has 0 N–H and O–H groups in total. The number of nitro benzene ring substituents is 1. The zero-order chi connectivity index (χ0) is 18.4. The number of nitrogens with zero attached hydrogens (tertiary/aromatic N) is 3. The number of benzene rings is 1. The Balaban J connectivity index is 2.08. The zero-order valence-electron chi connectivity index (χ0n) is 13.7. The van der Waals surface area contributed by atoms with Gasteiger partial charge >= 0.3 is 5.76 Å². The predicted octanol–water partition coefficient (Wildman–Crippen LogP) is 2.48. The molecular weight excluding hydrogens is 326 g/mol. The highest BCUT2D eigenvalue weighted by atomic mass is 16.6. The number of aromatic nitrogens is 1. The smallest absolute Gasteiger partial charge is 0.407 e. The van der Waals surface area contributed by atoms with Crippen LogP contribution in [0.3, 0.4) is 0 Å². The zero-order valence-corrected chi connectivity index (χ0v) is 13.7. The first kappa shape index (κ1) is 18.2. The van der Waals surface area contributed by atoms with Gasteiger partial charge in [-0.25, -0.2) is 4.79 Å². The Morgan fingerprint density at radius 2 is 2.00 bits per heavy atom. The van der Waals surface area contributed by atoms with E-state index < -0.39 is 10.7 Å². The van der Waals surface area contributed by atoms with Crippen molar-refractivity contribution >= 4 is 22.7 Å². The molecule has 0 spiro atoms. The molecule has 0 unspecified atom stereocenters. The Hall–Kier alpha value is -3.16. The van der Waals surface area contributed by atoms with Crippen LogP contribution >= 0.6 is 0 Å². The lowest BCUT2D eigenvalue weighted by Crippen LogP contribution is -2.31. The quantitative estimate of drug-likeness (QED) is 0.395. The molecule has 8 heteroatoms. The number of aryl methyl sites for hydroxylation is 1. The van der Waals surface area contributed by atoms with Gasteiger partial charge in [0.1, 0.15) is 0 Å². The lowest BCUT2D eigenvalue weighted by atomic mass is 10.2. The molecule has 0 aliphatic rings. The Kier molecular flexibility index (Phi) is 5.89. The summed E-state index contributed by atoms with van der Waals surface area (Å²) in [6.45, 7) is 8.39. The van der Waals surface area contributed by atoms with Crippen molar-refractivity contribution in [3.8, 4) is 0 Å². The number of fused-ring (bicyclic) bond motifs is 1. The Labute approximate surface area is 143 Å². The molecule has 1 amide bonds. The van der Waals surface area contributed by atoms with Crippen LogP contribution in [-0.4, -0.2) is 33.4 Å². The highest BCUT2D eigenvalue weighted by molar-refractivity contribution is 5.77. The number of non-ortho nitro benzene ring substituents is 1. The number of amides is 1. The highest BCUT2D eigenvalue weighted by Gasteiger charge is 2.15. The fraction of sp³-hybridized carbons (Fsp3) is 0.294. The van der Waals surface area contributed by atoms with Gasteiger partial charge in [0.15, 0.2) is 5.58 Å². The van der Waals surface area contributed by atoms with Crippen molar-refractivity contribution in [2.75, 3.05) is 13.1 Å². The topological polar surface area (TPSA) is 98.6 Å². The molecule has 1 heterocycles. The van der Waals surface area contributed by atoms with Crippen molar-refractivity contribution < 1.29 is 14.1 Å². The van der Waals surface area contributed by atoms with Crippen molar-refractivity contribution in [1.29, 1.82) is 0 Å². The van der Waals surface area contributed by atoms with Gasteiger partial charge in [-0.15, -0.1) is 13.2 Å². The molecule has 0 aliphatic carbocycles. The van der Waals surface area contributed by atoms with E-state index in [9.17, 15) is 19.7 Å². The SMILES string of the molecule is C=CCN(CC=C)C(=O)CCCn1c(=O)oc2cc([N+](=O)[O-])ccc21. The molecule has 2 rings (SSSR count). The second-order valence-corrected chi connectivity index (χ2v) is 5.41. The minimum atomic E-state index is -0.600. The predicted molar refractivity (Wildman–Crippen MR) is 93.3 cm³/mol. The molecule has 0 aliphatic heterocycles. The minimum Gasteiger partial charge on any atom is -0.407 e. The molecule has 0 saturated carbocycles. The summed E-state index contributed by atoms with van der Waals surface area (Å²) in [7, 11) is 0. The van der Waals surface area contributed by atoms with Gasteiger partial charge in [0.2, 0.25) is 5.91 Å². The van der Waals surface area contributed by atoms with E-state index in [1.807, 2.05) is 0 Å². The van der Waals surface area contributed by atoms with E-state index >= 15 is 0 Å². The molecule has 0 radical (unpaired) electrons. The third-order valence-corrected chi connectivity index (χ3v) is 3.69. The van der Waals surface area contributed by atoms with Gasteiger partial charge in [-0.05, 0) is 12.5 Å². The van der Waals surface area contributed by atoms with Gasteiger partial charge in [0.25, 0.3) is 5.69 Å². The van der Waals surface area contributed by atoms with E-state index in [4.69, 9.17) is 4.42 Å². The standard InChI is InChI=1S/C17H19N3O5/c1-3-9-18(10-4-2)16(21)6-5-11-19-14-8-7-13(20(23)24)12-15(14)25-17(19)22/h3-4,7-8,12H,1-2,5-6,9-11H2. The maximum Gasteiger partial charge on any atom is 0.419 e. The molecule has 0 fully saturated rings. The molecule has 132 valence electrons. The van der Waals surface area contributed by atoms with Crippen LogP contribution in [0, 0.1) is 10.1 Å². The third kappa shape index (κ3) is 4.23. The van der Waals surface area contributed by atoms with Crippen molar-refractivity contribution in [2.24, 2.45) is 0 Å². The lowest BCUT2D eigenvalue weighted by Gasteiger charge is -2.19. The van der Waals surface area contributed by atoms with E-state index in [0.29, 0.717) is 25.0 Å². The van der Waals surface area contributed by atoms with Crippen LogP contribution < -0.4 is 5.76 Å². The molecule has 8 nitrogen and oxygen atoms in total. The summed E-state index contributed by atoms with van der Waals surface area (Å²) in [5.74, 6) is -0.659. The van der Waals surface area contributed by atoms with Gasteiger partial charge in [0.05, 0.1) is 16.5 Å². The van der Waals surface area contributed by atoms with Gasteiger partial charge in [-0.3, -0.25) is 19.5 Å². The van der Waals surface area contributed by atoms with E-state index in [2.05, 4.69) is 13.2 Å². The van der Waals surface area contributed by atoms with E-state index in [-0.39, 0.29) is 30.1 Å². The van der Waals surface area contributed by atoms with Crippen molar-refractivity contribution in [3.05, 3.63) is 64.2 Å². The monoisotopic (exact) mass is 345 g/mol. The summed E-state index contributed by atoms with van der Waals surface area (Å²) in [6, 6.07) is 4.01. The van der Waals surface area contributed by atoms with Crippen LogP contribution in [0.4, 0.5) is 5.69 Å². The van der Waals surface area contributed by atoms with E-state index in [0.717, 1.165) is 0 Å². The Morgan fingerprint density at radius 1 is 1.32 bits per heavy atom. The van der Waals surface area contributed by atoms with Gasteiger partial charge in [0, 0.05) is 32.1 Å². The molecule has 25 heavy (non-hydrogen) atoms. The van der Waals surface area contributed by atoms with Crippen LogP contribution in [0.2, 0.25) is 0 Å². The summed E-state index contributed by atoms with van der Waals surface area (Å²) in [6.07, 6.45) is 3.98. The molecule has 2 aromatic rings. The van der Waals surface area contributed by atoms with Gasteiger partial charge in [-0.1, -0.05) is 12.2 Å². The van der Waals surface area contributed by atoms with E-state index in [1.165, 1.54) is 22.8 Å². The first-order valence-corrected chi connectivity index (χ1v) is 7.75. The number of hydrogen-bond acceptors (Lipinski definition) is 5. The fourth-order valence-corrected chi connectivity index (χ4v) is 2.52. The summed E-state index contributed by atoms with van der Waals surface area (Å²) >= 11 is 0. The van der Waals surface area contributed by atoms with Crippen LogP contribution in [0.15, 0.2) is 52.7 Å². The van der Waals surface area contributed by atoms with Crippen LogP contribution in [0.5, 0.6) is 0 Å². The van der Waals surface area contributed by atoms with Crippen molar-refractivity contribution in [2.45, 2.75) is 19.4 Å². The first-order chi connectivity index (χ1) is 12.0. The average Bonchev–Trinajstić information content (AvgIpc) is 2.89. The number of oxazole rings is 1. The molecule has 0 saturated heterocycles. The second-order valence-electron chi connectivity index (χ2n) is 5.41. The summed E-state index contributed by atoms with van der Waals surface area (Å²) < 4.78 is 6.43. The number of hydrogen-bond donors (Lipinski definition) is 0. The Bertz CT molecular complexity index is 855. The average molecular weight is 345 g/mol. The maximum absolute atomic E-state index is 12.2. The number of carbonyl (C=O) groups excluding carboxylic acids is 1. The second kappa shape index (κ2) is 8.09. The number of rotatable bonds is 9. The van der Waals surface area contributed by atoms with Crippen LogP contribution in [0.25, 0.3) is 11.1 Å². The van der Waals surface area contributed by atoms with Crippen molar-refractivity contribution in [1.82, 2.24) is 9.47 Å². The normalized spacial score (nSPS) is 10.6. The van der Waals surface area contributed by atoms with Gasteiger partial charge in [-0.2, -0.15) is 0 Å². The fourth-order valence-electron chi connectivity index (χ4n) is 2.52. The first-order valence-electron chi connectivity index (χ1n) is 7.75. The molecule has 1 aromatic carbocycles. The van der Waals surface area contributed by atoms with Gasteiger partial charge < -0.3 is 9.32 Å². The summed E-state index contributed by atoms with van der Waals surface area (Å²) in [5.41, 5.74) is 0.482. The number of carbonyl (C=O) groups is 1. The van der Waals surface area contributed by atoms with Crippen LogP contribution in [-0.2, 0) is 11.3 Å². The van der Waals surface area contributed by atoms with Crippen molar-refractivity contribution in [3.63, 3.8) is 0 Å². The molecular formula is C17H19N3O5. The molecule has 0 atom stereocenters. The summed E-state index contributed by atoms with van der Waals surface area (Å²) in [4.78, 5) is 35.9. The maximum atomic E-state index is 12.2. The minimum absolute atomic E-state index is 0.0590. The molecule has 0 bridgehead atoms. The largest absolute Gasteiger partial charge is 0.419 e.